The van der Waals surface area contributed by atoms with E-state index in [1.807, 2.05) is 0 Å². The number of benzene rings is 8. The molecule has 0 saturated heterocycles. The Kier molecular flexibility index (Phi) is 3.93. The lowest BCUT2D eigenvalue weighted by molar-refractivity contribution is 1.24. The molecule has 4 heteroatoms. The molecule has 2 heterocycles. The Morgan fingerprint density at radius 3 is 1.80 bits per heavy atom. The minimum absolute atomic E-state index is 0.00756. The van der Waals surface area contributed by atoms with E-state index in [2.05, 4.69) is 0 Å². The molecular weight excluding hydrogens is 675 g/mol. The van der Waals surface area contributed by atoms with Gasteiger partial charge in [-0.2, -0.15) is 0 Å². The molecule has 0 amide bonds. The van der Waals surface area contributed by atoms with Crippen LogP contribution in [0.4, 0.5) is 17.1 Å². The van der Waals surface area contributed by atoms with Crippen molar-refractivity contribution < 1.29 is 32.9 Å². The van der Waals surface area contributed by atoms with Crippen LogP contribution >= 0.6 is 11.3 Å². The van der Waals surface area contributed by atoms with E-state index < -0.39 is 184 Å². The van der Waals surface area contributed by atoms with E-state index in [-0.39, 0.29) is 31.6 Å². The molecule has 0 aliphatic heterocycles. The number of rotatable bonds is 7. The molecule has 10 aromatic rings. The zero-order valence-electron chi connectivity index (χ0n) is 51.4. The molecule has 10 rings (SSSR count). The van der Waals surface area contributed by atoms with Crippen LogP contribution in [0.5, 0.6) is 0 Å². The summed E-state index contributed by atoms with van der Waals surface area (Å²) < 4.78 is 216. The average Bonchev–Trinajstić information content (AvgIpc) is 3.98. The molecule has 0 fully saturated rings. The number of thiophene rings is 1. The molecule has 0 aliphatic carbocycles. The molecule has 0 aliphatic rings. The van der Waals surface area contributed by atoms with Crippen LogP contribution in [0.15, 0.2) is 200 Å². The van der Waals surface area contributed by atoms with Gasteiger partial charge in [0.1, 0.15) is 0 Å². The maximum absolute atomic E-state index is 9.76. The molecule has 54 heavy (non-hydrogen) atoms. The Morgan fingerprint density at radius 2 is 1.04 bits per heavy atom. The molecule has 2 aromatic heterocycles. The maximum atomic E-state index is 9.76. The summed E-state index contributed by atoms with van der Waals surface area (Å²) in [5.41, 5.74) is -4.47. The summed E-state index contributed by atoms with van der Waals surface area (Å²) >= 11 is 0.783. The number of fused-ring (bicyclic) bond motifs is 4. The molecule has 0 bridgehead atoms. The van der Waals surface area contributed by atoms with Crippen molar-refractivity contribution >= 4 is 59.5 Å². The Labute approximate surface area is 351 Å². The largest absolute Gasteiger partial charge is 0.311 e. The Hall–Kier alpha value is -6.88. The Balaban J connectivity index is 1.33. The van der Waals surface area contributed by atoms with Crippen LogP contribution in [-0.4, -0.2) is 9.97 Å². The highest BCUT2D eigenvalue weighted by molar-refractivity contribution is 7.26. The van der Waals surface area contributed by atoms with Gasteiger partial charge in [0.2, 0.25) is 0 Å². The van der Waals surface area contributed by atoms with Gasteiger partial charge in [-0.15, -0.1) is 11.3 Å². The summed E-state index contributed by atoms with van der Waals surface area (Å²) in [6.07, 6.45) is 0. The molecule has 3 nitrogen and oxygen atoms in total. The van der Waals surface area contributed by atoms with Crippen molar-refractivity contribution in [3.63, 3.8) is 0 Å². The van der Waals surface area contributed by atoms with Crippen LogP contribution in [0.2, 0.25) is 0 Å². The normalized spacial score (nSPS) is 17.6. The van der Waals surface area contributed by atoms with Crippen molar-refractivity contribution in [3.05, 3.63) is 200 Å². The average molecular weight is 732 g/mol. The molecular formula is C50H33N3S. The van der Waals surface area contributed by atoms with Crippen LogP contribution in [0, 0.1) is 0 Å². The highest BCUT2D eigenvalue weighted by atomic mass is 32.1. The summed E-state index contributed by atoms with van der Waals surface area (Å²) in [6.45, 7) is 0. The van der Waals surface area contributed by atoms with Crippen molar-refractivity contribution in [1.82, 2.24) is 9.97 Å². The highest BCUT2D eigenvalue weighted by Crippen LogP contribution is 2.45. The third kappa shape index (κ3) is 5.70. The van der Waals surface area contributed by atoms with Gasteiger partial charge in [-0.1, -0.05) is 145 Å². The topological polar surface area (TPSA) is 29.0 Å². The summed E-state index contributed by atoms with van der Waals surface area (Å²) in [5, 5.41) is 0.183. The van der Waals surface area contributed by atoms with Crippen molar-refractivity contribution in [2.45, 2.75) is 0 Å². The first kappa shape index (κ1) is 15.6. The second kappa shape index (κ2) is 13.6. The van der Waals surface area contributed by atoms with Gasteiger partial charge in [0, 0.05) is 53.7 Å². The van der Waals surface area contributed by atoms with E-state index in [0.717, 1.165) is 11.3 Å². The smallest absolute Gasteiger partial charge is 0.161 e. The van der Waals surface area contributed by atoms with Crippen LogP contribution in [-0.2, 0) is 0 Å². The summed E-state index contributed by atoms with van der Waals surface area (Å²) in [7, 11) is 0. The van der Waals surface area contributed by atoms with Crippen molar-refractivity contribution in [3.8, 4) is 44.9 Å². The fourth-order valence-electron chi connectivity index (χ4n) is 5.98. The summed E-state index contributed by atoms with van der Waals surface area (Å²) in [6, 6.07) is -6.30. The van der Waals surface area contributed by atoms with Crippen molar-refractivity contribution in [2.75, 3.05) is 4.90 Å². The lowest BCUT2D eigenvalue weighted by Gasteiger charge is -2.26. The van der Waals surface area contributed by atoms with Crippen molar-refractivity contribution in [1.29, 1.82) is 0 Å². The first-order valence-corrected chi connectivity index (χ1v) is 17.0. The monoisotopic (exact) mass is 731 g/mol. The Morgan fingerprint density at radius 1 is 0.444 bits per heavy atom. The molecule has 0 atom stereocenters. The van der Waals surface area contributed by atoms with Gasteiger partial charge in [-0.05, 0) is 76.7 Å². The Bertz CT molecular complexity index is 4220. The summed E-state index contributed by atoms with van der Waals surface area (Å²) in [4.78, 5) is 10.1. The molecule has 8 aromatic carbocycles. The van der Waals surface area contributed by atoms with E-state index in [1.165, 1.54) is 0 Å². The van der Waals surface area contributed by atoms with E-state index in [0.29, 0.717) is 27.1 Å². The van der Waals surface area contributed by atoms with Gasteiger partial charge in [0.05, 0.1) is 44.1 Å². The minimum Gasteiger partial charge on any atom is -0.311 e. The quantitative estimate of drug-likeness (QED) is 0.163. The number of hydrogen-bond donors (Lipinski definition) is 0. The highest BCUT2D eigenvalue weighted by Gasteiger charge is 2.20. The molecule has 254 valence electrons. The second-order valence-electron chi connectivity index (χ2n) is 11.5. The van der Waals surface area contributed by atoms with Crippen molar-refractivity contribution in [2.24, 2.45) is 0 Å². The minimum atomic E-state index is -1.15. The second-order valence-corrected chi connectivity index (χ2v) is 12.6. The summed E-state index contributed by atoms with van der Waals surface area (Å²) in [5.74, 6) is -0.105. The van der Waals surface area contributed by atoms with Gasteiger partial charge >= 0.3 is 0 Å². The lowest BCUT2D eigenvalue weighted by atomic mass is 9.96. The predicted molar refractivity (Wildman–Crippen MR) is 229 cm³/mol. The van der Waals surface area contributed by atoms with E-state index in [9.17, 15) is 12.3 Å². The van der Waals surface area contributed by atoms with E-state index >= 15 is 0 Å². The number of nitrogens with zero attached hydrogens (tertiary/aromatic N) is 3. The van der Waals surface area contributed by atoms with E-state index in [1.54, 1.807) is 54.6 Å². The van der Waals surface area contributed by atoms with Gasteiger partial charge in [0.25, 0.3) is 0 Å². The van der Waals surface area contributed by atoms with Crippen LogP contribution < -0.4 is 4.90 Å². The molecule has 0 unspecified atom stereocenters. The third-order valence-corrected chi connectivity index (χ3v) is 9.50. The number of anilines is 3. The van der Waals surface area contributed by atoms with E-state index in [4.69, 9.17) is 30.5 Å². The van der Waals surface area contributed by atoms with Gasteiger partial charge in [-0.25, -0.2) is 9.97 Å². The lowest BCUT2D eigenvalue weighted by Crippen LogP contribution is -2.09. The van der Waals surface area contributed by atoms with Gasteiger partial charge in [-0.3, -0.25) is 0 Å². The van der Waals surface area contributed by atoms with Crippen LogP contribution in [0.3, 0.4) is 0 Å². The predicted octanol–water partition coefficient (Wildman–Crippen LogP) is 14.1. The third-order valence-electron chi connectivity index (χ3n) is 8.38. The molecule has 0 saturated carbocycles. The molecule has 0 N–H and O–H groups in total. The first-order valence-electron chi connectivity index (χ1n) is 28.2. The SMILES string of the molecule is [2H]c1c([2H])c([2H])c(-c2c([2H])c([2H])c(N(c3c([2H])c([2H])c([2H])c([2H])c3[2H])c3c([2H])c([2H])c(-c4c([2H])c([2H])c(-c5nc(-c6ccccc6)c6ccccc6n5)c5sc6c([2H])c([2H])c([2H])c([2H])c6c45)c([2H])c3[2H])c([2H])c2[2H])c([2H])c1[2H]. The van der Waals surface area contributed by atoms with Gasteiger partial charge < -0.3 is 4.90 Å². The zero-order chi connectivity index (χ0) is 56.7. The molecule has 0 spiro atoms. The maximum Gasteiger partial charge on any atom is 0.161 e. The number of aromatic nitrogens is 2. The number of hydrogen-bond acceptors (Lipinski definition) is 4. The standard InChI is InChI=1S/C50H33N3S/c1-4-14-34(15-5-1)35-24-28-39(29-25-35)53(38-18-8-3-9-19-38)40-30-26-36(27-31-40)41-32-33-44(49-47(41)43-21-11-13-23-46(43)54-49)50-51-45-22-12-10-20-42(45)48(52-50)37-16-6-2-7-17-37/h1-33H/i1D,3D,4D,5D,8D,9D,11D,13D,14D,15D,18D,19D,21D,23D,24D,25D,26D,27D,28D,29D,30D,31D,32D,33D. The molecule has 0 radical (unpaired) electrons. The zero-order valence-corrected chi connectivity index (χ0v) is 28.3. The van der Waals surface area contributed by atoms with Gasteiger partial charge in [0.15, 0.2) is 5.82 Å². The fourth-order valence-corrected chi connectivity index (χ4v) is 7.09. The fraction of sp³-hybridized carbons (Fsp3) is 0. The number of para-hydroxylation sites is 2. The first-order chi connectivity index (χ1) is 36.8. The van der Waals surface area contributed by atoms with Crippen LogP contribution in [0.25, 0.3) is 76.0 Å². The van der Waals surface area contributed by atoms with Crippen LogP contribution in [0.1, 0.15) is 32.9 Å².